The van der Waals surface area contributed by atoms with Crippen molar-refractivity contribution in [2.45, 2.75) is 20.3 Å². The quantitative estimate of drug-likeness (QED) is 0.781. The third-order valence-corrected chi connectivity index (χ3v) is 3.86. The van der Waals surface area contributed by atoms with Crippen LogP contribution in [0.3, 0.4) is 0 Å². The molecule has 0 atom stereocenters. The van der Waals surface area contributed by atoms with Crippen molar-refractivity contribution in [3.63, 3.8) is 0 Å². The maximum atomic E-state index is 12.1. The molecule has 1 amide bonds. The van der Waals surface area contributed by atoms with Crippen LogP contribution in [0, 0.1) is 5.92 Å². The third kappa shape index (κ3) is 5.65. The van der Waals surface area contributed by atoms with Gasteiger partial charge < -0.3 is 10.6 Å². The molecule has 0 aliphatic carbocycles. The predicted octanol–water partition coefficient (Wildman–Crippen LogP) is 3.82. The number of benzene rings is 1. The summed E-state index contributed by atoms with van der Waals surface area (Å²) in [5.74, 6) is 0.806. The second kappa shape index (κ2) is 8.85. The van der Waals surface area contributed by atoms with E-state index in [2.05, 4.69) is 34.4 Å². The Morgan fingerprint density at radius 2 is 1.92 bits per heavy atom. The molecule has 1 aromatic carbocycles. The van der Waals surface area contributed by atoms with E-state index in [9.17, 15) is 4.79 Å². The van der Waals surface area contributed by atoms with Gasteiger partial charge in [-0.3, -0.25) is 4.79 Å². The van der Waals surface area contributed by atoms with Crippen LogP contribution in [0.2, 0.25) is 10.0 Å². The second-order valence-corrected chi connectivity index (χ2v) is 6.66. The Morgan fingerprint density at radius 1 is 1.21 bits per heavy atom. The van der Waals surface area contributed by atoms with Gasteiger partial charge >= 0.3 is 0 Å². The highest BCUT2D eigenvalue weighted by Gasteiger charge is 2.08. The summed E-state index contributed by atoms with van der Waals surface area (Å²) in [6, 6.07) is 5.33. The van der Waals surface area contributed by atoms with Gasteiger partial charge in [-0.15, -0.1) is 0 Å². The summed E-state index contributed by atoms with van der Waals surface area (Å²) in [5, 5.41) is 7.13. The van der Waals surface area contributed by atoms with Gasteiger partial charge in [0.15, 0.2) is 0 Å². The maximum absolute atomic E-state index is 12.1. The molecular weight excluding hydrogens is 347 g/mol. The van der Waals surface area contributed by atoms with Crippen LogP contribution >= 0.6 is 23.2 Å². The van der Waals surface area contributed by atoms with Crippen molar-refractivity contribution in [2.75, 3.05) is 18.4 Å². The Hall–Kier alpha value is -1.85. The molecule has 1 heterocycles. The van der Waals surface area contributed by atoms with Gasteiger partial charge in [0, 0.05) is 35.5 Å². The molecule has 0 unspecified atom stereocenters. The molecule has 128 valence electrons. The first-order valence-corrected chi connectivity index (χ1v) is 8.49. The van der Waals surface area contributed by atoms with Crippen molar-refractivity contribution in [3.05, 3.63) is 51.8 Å². The molecule has 2 aromatic rings. The Labute approximate surface area is 151 Å². The molecule has 1 aromatic heterocycles. The topological polar surface area (TPSA) is 66.9 Å². The van der Waals surface area contributed by atoms with Gasteiger partial charge in [-0.2, -0.15) is 0 Å². The zero-order valence-electron chi connectivity index (χ0n) is 13.6. The highest BCUT2D eigenvalue weighted by Crippen LogP contribution is 2.21. The lowest BCUT2D eigenvalue weighted by molar-refractivity contribution is 0.0953. The van der Waals surface area contributed by atoms with Gasteiger partial charge in [0.05, 0.1) is 5.56 Å². The Kier molecular flexibility index (Phi) is 6.82. The lowest BCUT2D eigenvalue weighted by atomic mass is 10.1. The van der Waals surface area contributed by atoms with Crippen LogP contribution in [-0.4, -0.2) is 29.0 Å². The normalized spacial score (nSPS) is 10.7. The standard InChI is InChI=1S/C17H20Cl2N4O/c1-11(2)8-21-17-22-9-13(10-23-17)16(24)20-6-5-12-3-4-14(18)7-15(12)19/h3-4,7,9-11H,5-6,8H2,1-2H3,(H,20,24)(H,21,22,23). The van der Waals surface area contributed by atoms with Crippen molar-refractivity contribution in [3.8, 4) is 0 Å². The minimum atomic E-state index is -0.213. The largest absolute Gasteiger partial charge is 0.354 e. The van der Waals surface area contributed by atoms with Gasteiger partial charge in [-0.1, -0.05) is 43.1 Å². The molecule has 2 rings (SSSR count). The van der Waals surface area contributed by atoms with Crippen molar-refractivity contribution in [1.82, 2.24) is 15.3 Å². The van der Waals surface area contributed by atoms with Gasteiger partial charge in [0.2, 0.25) is 5.95 Å². The molecule has 0 aliphatic rings. The molecule has 0 spiro atoms. The van der Waals surface area contributed by atoms with Crippen LogP contribution < -0.4 is 10.6 Å². The fourth-order valence-electron chi connectivity index (χ4n) is 1.97. The SMILES string of the molecule is CC(C)CNc1ncc(C(=O)NCCc2ccc(Cl)cc2Cl)cn1. The third-order valence-electron chi connectivity index (χ3n) is 3.28. The Morgan fingerprint density at radius 3 is 2.54 bits per heavy atom. The van der Waals surface area contributed by atoms with Crippen molar-refractivity contribution >= 4 is 35.1 Å². The number of rotatable bonds is 7. The summed E-state index contributed by atoms with van der Waals surface area (Å²) in [7, 11) is 0. The average molecular weight is 367 g/mol. The highest BCUT2D eigenvalue weighted by molar-refractivity contribution is 6.35. The maximum Gasteiger partial charge on any atom is 0.254 e. The molecule has 0 radical (unpaired) electrons. The van der Waals surface area contributed by atoms with Crippen LogP contribution in [0.15, 0.2) is 30.6 Å². The van der Waals surface area contributed by atoms with Crippen molar-refractivity contribution in [2.24, 2.45) is 5.92 Å². The minimum absolute atomic E-state index is 0.213. The number of aromatic nitrogens is 2. The van der Waals surface area contributed by atoms with Crippen molar-refractivity contribution in [1.29, 1.82) is 0 Å². The molecule has 24 heavy (non-hydrogen) atoms. The summed E-state index contributed by atoms with van der Waals surface area (Å²) in [6.45, 7) is 5.45. The fourth-order valence-corrected chi connectivity index (χ4v) is 2.47. The van der Waals surface area contributed by atoms with Gasteiger partial charge in [-0.25, -0.2) is 9.97 Å². The number of hydrogen-bond donors (Lipinski definition) is 2. The zero-order valence-corrected chi connectivity index (χ0v) is 15.2. The van der Waals surface area contributed by atoms with Crippen LogP contribution in [0.4, 0.5) is 5.95 Å². The first-order valence-electron chi connectivity index (χ1n) is 7.73. The average Bonchev–Trinajstić information content (AvgIpc) is 2.55. The number of hydrogen-bond acceptors (Lipinski definition) is 4. The van der Waals surface area contributed by atoms with E-state index >= 15 is 0 Å². The molecule has 2 N–H and O–H groups in total. The molecule has 0 saturated heterocycles. The Bertz CT molecular complexity index is 689. The van der Waals surface area contributed by atoms with E-state index in [1.807, 2.05) is 6.07 Å². The van der Waals surface area contributed by atoms with Crippen molar-refractivity contribution < 1.29 is 4.79 Å². The highest BCUT2D eigenvalue weighted by atomic mass is 35.5. The zero-order chi connectivity index (χ0) is 17.5. The van der Waals surface area contributed by atoms with Crippen LogP contribution in [0.5, 0.6) is 0 Å². The number of halogens is 2. The lowest BCUT2D eigenvalue weighted by Gasteiger charge is -2.09. The monoisotopic (exact) mass is 366 g/mol. The summed E-state index contributed by atoms with van der Waals surface area (Å²) in [6.07, 6.45) is 3.65. The van der Waals surface area contributed by atoms with Gasteiger partial charge in [0.25, 0.3) is 5.91 Å². The van der Waals surface area contributed by atoms with E-state index in [1.54, 1.807) is 12.1 Å². The molecule has 0 aliphatic heterocycles. The summed E-state index contributed by atoms with van der Waals surface area (Å²) in [4.78, 5) is 20.4. The summed E-state index contributed by atoms with van der Waals surface area (Å²) >= 11 is 12.0. The number of nitrogens with one attached hydrogen (secondary N) is 2. The second-order valence-electron chi connectivity index (χ2n) is 5.81. The van der Waals surface area contributed by atoms with E-state index < -0.39 is 0 Å². The summed E-state index contributed by atoms with van der Waals surface area (Å²) in [5.41, 5.74) is 1.36. The van der Waals surface area contributed by atoms with Gasteiger partial charge in [0.1, 0.15) is 0 Å². The molecule has 7 heteroatoms. The van der Waals surface area contributed by atoms with E-state index in [-0.39, 0.29) is 5.91 Å². The fraction of sp³-hybridized carbons (Fsp3) is 0.353. The Balaban J connectivity index is 1.83. The van der Waals surface area contributed by atoms with E-state index in [0.717, 1.165) is 12.1 Å². The van der Waals surface area contributed by atoms with E-state index in [0.29, 0.717) is 40.4 Å². The summed E-state index contributed by atoms with van der Waals surface area (Å²) < 4.78 is 0. The van der Waals surface area contributed by atoms with Gasteiger partial charge in [-0.05, 0) is 30.0 Å². The van der Waals surface area contributed by atoms with Crippen LogP contribution in [-0.2, 0) is 6.42 Å². The van der Waals surface area contributed by atoms with Crippen LogP contribution in [0.1, 0.15) is 29.8 Å². The molecule has 0 fully saturated rings. The first kappa shape index (κ1) is 18.5. The smallest absolute Gasteiger partial charge is 0.254 e. The predicted molar refractivity (Wildman–Crippen MR) is 97.9 cm³/mol. The number of amides is 1. The molecule has 0 saturated carbocycles. The number of anilines is 1. The molecule has 0 bridgehead atoms. The van der Waals surface area contributed by atoms with E-state index in [1.165, 1.54) is 12.4 Å². The lowest BCUT2D eigenvalue weighted by Crippen LogP contribution is -2.26. The first-order chi connectivity index (χ1) is 11.5. The number of carbonyl (C=O) groups is 1. The molecule has 5 nitrogen and oxygen atoms in total. The number of nitrogens with zero attached hydrogens (tertiary/aromatic N) is 2. The molecular formula is C17H20Cl2N4O. The number of carbonyl (C=O) groups excluding carboxylic acids is 1. The minimum Gasteiger partial charge on any atom is -0.354 e. The van der Waals surface area contributed by atoms with E-state index in [4.69, 9.17) is 23.2 Å². The van der Waals surface area contributed by atoms with Crippen LogP contribution in [0.25, 0.3) is 0 Å².